The van der Waals surface area contributed by atoms with Gasteiger partial charge in [0.15, 0.2) is 0 Å². The van der Waals surface area contributed by atoms with E-state index in [0.717, 1.165) is 25.2 Å². The van der Waals surface area contributed by atoms with Crippen molar-refractivity contribution in [2.45, 2.75) is 50.2 Å². The monoisotopic (exact) mass is 281 g/mol. The van der Waals surface area contributed by atoms with Gasteiger partial charge in [-0.3, -0.25) is 0 Å². The van der Waals surface area contributed by atoms with Gasteiger partial charge in [-0.05, 0) is 31.0 Å². The largest absolute Gasteiger partial charge is 0.489 e. The van der Waals surface area contributed by atoms with Crippen LogP contribution in [0.15, 0.2) is 18.2 Å². The Balaban J connectivity index is 1.69. The van der Waals surface area contributed by atoms with Gasteiger partial charge in [0.1, 0.15) is 11.9 Å². The molecule has 1 aliphatic heterocycles. The van der Waals surface area contributed by atoms with Crippen LogP contribution in [0.4, 0.5) is 5.69 Å². The third-order valence-electron chi connectivity index (χ3n) is 4.21. The standard InChI is InChI=1S/C15H20ClNO2/c16-13-9-11(17)3-4-14(13)19-12-5-8-18-15(10-12)6-1-2-7-15/h3-4,9,12H,1-2,5-8,10,17H2. The van der Waals surface area contributed by atoms with Crippen molar-refractivity contribution in [3.05, 3.63) is 23.2 Å². The minimum atomic E-state index is 0.0726. The Morgan fingerprint density at radius 1 is 1.32 bits per heavy atom. The summed E-state index contributed by atoms with van der Waals surface area (Å²) in [5.41, 5.74) is 6.43. The highest BCUT2D eigenvalue weighted by Gasteiger charge is 2.40. The SMILES string of the molecule is Nc1ccc(OC2CCOC3(CCCC3)C2)c(Cl)c1. The van der Waals surface area contributed by atoms with Gasteiger partial charge in [-0.15, -0.1) is 0 Å². The van der Waals surface area contributed by atoms with E-state index in [1.807, 2.05) is 12.1 Å². The molecule has 1 unspecified atom stereocenters. The third kappa shape index (κ3) is 2.82. The van der Waals surface area contributed by atoms with E-state index in [2.05, 4.69) is 0 Å². The first-order valence-corrected chi connectivity index (χ1v) is 7.40. The van der Waals surface area contributed by atoms with Crippen LogP contribution in [0.1, 0.15) is 38.5 Å². The van der Waals surface area contributed by atoms with Crippen LogP contribution in [0.3, 0.4) is 0 Å². The number of hydrogen-bond donors (Lipinski definition) is 1. The van der Waals surface area contributed by atoms with Crippen molar-refractivity contribution in [1.82, 2.24) is 0 Å². The summed E-state index contributed by atoms with van der Waals surface area (Å²) in [5.74, 6) is 0.732. The molecule has 0 radical (unpaired) electrons. The average Bonchev–Trinajstić information content (AvgIpc) is 2.81. The maximum Gasteiger partial charge on any atom is 0.138 e. The second-order valence-electron chi connectivity index (χ2n) is 5.66. The fraction of sp³-hybridized carbons (Fsp3) is 0.600. The quantitative estimate of drug-likeness (QED) is 0.839. The van der Waals surface area contributed by atoms with Crippen LogP contribution in [0.2, 0.25) is 5.02 Å². The molecule has 2 fully saturated rings. The molecule has 0 bridgehead atoms. The van der Waals surface area contributed by atoms with E-state index in [0.29, 0.717) is 10.7 Å². The predicted octanol–water partition coefficient (Wildman–Crippen LogP) is 3.79. The van der Waals surface area contributed by atoms with Crippen LogP contribution >= 0.6 is 11.6 Å². The van der Waals surface area contributed by atoms with E-state index in [-0.39, 0.29) is 11.7 Å². The molecule has 19 heavy (non-hydrogen) atoms. The highest BCUT2D eigenvalue weighted by molar-refractivity contribution is 6.32. The molecule has 0 aromatic heterocycles. The highest BCUT2D eigenvalue weighted by Crippen LogP contribution is 2.41. The molecule has 1 aliphatic carbocycles. The van der Waals surface area contributed by atoms with Crippen molar-refractivity contribution in [2.24, 2.45) is 0 Å². The van der Waals surface area contributed by atoms with E-state index >= 15 is 0 Å². The summed E-state index contributed by atoms with van der Waals surface area (Å²) in [6.07, 6.45) is 7.00. The second-order valence-corrected chi connectivity index (χ2v) is 6.07. The zero-order valence-electron chi connectivity index (χ0n) is 11.0. The first-order valence-electron chi connectivity index (χ1n) is 7.03. The molecule has 1 saturated heterocycles. The molecule has 1 aromatic rings. The maximum absolute atomic E-state index is 6.16. The molecule has 104 valence electrons. The van der Waals surface area contributed by atoms with E-state index in [1.54, 1.807) is 6.07 Å². The lowest BCUT2D eigenvalue weighted by atomic mass is 9.90. The molecule has 2 N–H and O–H groups in total. The van der Waals surface area contributed by atoms with E-state index in [9.17, 15) is 0 Å². The van der Waals surface area contributed by atoms with Gasteiger partial charge in [0.05, 0.1) is 17.2 Å². The molecule has 4 heteroatoms. The van der Waals surface area contributed by atoms with Crippen LogP contribution in [-0.2, 0) is 4.74 Å². The average molecular weight is 282 g/mol. The van der Waals surface area contributed by atoms with Crippen LogP contribution in [0, 0.1) is 0 Å². The Morgan fingerprint density at radius 2 is 2.11 bits per heavy atom. The fourth-order valence-corrected chi connectivity index (χ4v) is 3.48. The Morgan fingerprint density at radius 3 is 2.84 bits per heavy atom. The molecule has 2 aliphatic rings. The van der Waals surface area contributed by atoms with Gasteiger partial charge in [0.2, 0.25) is 0 Å². The Bertz CT molecular complexity index is 457. The van der Waals surface area contributed by atoms with Crippen molar-refractivity contribution < 1.29 is 9.47 Å². The van der Waals surface area contributed by atoms with Crippen LogP contribution in [-0.4, -0.2) is 18.3 Å². The molecule has 0 amide bonds. The fourth-order valence-electron chi connectivity index (χ4n) is 3.24. The summed E-state index contributed by atoms with van der Waals surface area (Å²) in [7, 11) is 0. The Labute approximate surface area is 119 Å². The number of ether oxygens (including phenoxy) is 2. The van der Waals surface area contributed by atoms with Crippen LogP contribution in [0.25, 0.3) is 0 Å². The van der Waals surface area contributed by atoms with Gasteiger partial charge < -0.3 is 15.2 Å². The summed E-state index contributed by atoms with van der Waals surface area (Å²) in [6, 6.07) is 5.42. The molecular formula is C15H20ClNO2. The van der Waals surface area contributed by atoms with E-state index in [1.165, 1.54) is 25.7 Å². The first-order chi connectivity index (χ1) is 9.17. The van der Waals surface area contributed by atoms with Crippen molar-refractivity contribution in [3.8, 4) is 5.75 Å². The number of hydrogen-bond acceptors (Lipinski definition) is 3. The van der Waals surface area contributed by atoms with Crippen LogP contribution < -0.4 is 10.5 Å². The van der Waals surface area contributed by atoms with Crippen molar-refractivity contribution >= 4 is 17.3 Å². The minimum Gasteiger partial charge on any atom is -0.489 e. The van der Waals surface area contributed by atoms with Crippen LogP contribution in [0.5, 0.6) is 5.75 Å². The van der Waals surface area contributed by atoms with Gasteiger partial charge >= 0.3 is 0 Å². The van der Waals surface area contributed by atoms with Gasteiger partial charge in [-0.2, -0.15) is 0 Å². The highest BCUT2D eigenvalue weighted by atomic mass is 35.5. The molecular weight excluding hydrogens is 262 g/mol. The number of nitrogen functional groups attached to an aromatic ring is 1. The lowest BCUT2D eigenvalue weighted by Crippen LogP contribution is -2.41. The Hall–Kier alpha value is -0.930. The third-order valence-corrected chi connectivity index (χ3v) is 4.51. The van der Waals surface area contributed by atoms with Gasteiger partial charge in [0.25, 0.3) is 0 Å². The molecule has 1 aromatic carbocycles. The predicted molar refractivity (Wildman–Crippen MR) is 76.7 cm³/mol. The lowest BCUT2D eigenvalue weighted by Gasteiger charge is -2.38. The number of nitrogens with two attached hydrogens (primary N) is 1. The molecule has 1 atom stereocenters. The Kier molecular flexibility index (Phi) is 3.59. The number of anilines is 1. The van der Waals surface area contributed by atoms with Crippen molar-refractivity contribution in [3.63, 3.8) is 0 Å². The molecule has 1 spiro atoms. The summed E-state index contributed by atoms with van der Waals surface area (Å²) in [6.45, 7) is 0.789. The zero-order valence-corrected chi connectivity index (χ0v) is 11.8. The number of rotatable bonds is 2. The van der Waals surface area contributed by atoms with Gasteiger partial charge in [-0.1, -0.05) is 24.4 Å². The number of benzene rings is 1. The van der Waals surface area contributed by atoms with Crippen molar-refractivity contribution in [1.29, 1.82) is 0 Å². The first kappa shape index (κ1) is 13.1. The normalized spacial score (nSPS) is 25.6. The van der Waals surface area contributed by atoms with E-state index in [4.69, 9.17) is 26.8 Å². The smallest absolute Gasteiger partial charge is 0.138 e. The zero-order chi connectivity index (χ0) is 13.3. The second kappa shape index (κ2) is 5.22. The summed E-state index contributed by atoms with van der Waals surface area (Å²) in [5, 5.41) is 0.590. The topological polar surface area (TPSA) is 44.5 Å². The lowest BCUT2D eigenvalue weighted by molar-refractivity contribution is -0.108. The van der Waals surface area contributed by atoms with Gasteiger partial charge in [0, 0.05) is 18.5 Å². The molecule has 1 saturated carbocycles. The molecule has 1 heterocycles. The molecule has 3 rings (SSSR count). The van der Waals surface area contributed by atoms with Crippen molar-refractivity contribution in [2.75, 3.05) is 12.3 Å². The molecule has 3 nitrogen and oxygen atoms in total. The number of halogens is 1. The summed E-state index contributed by atoms with van der Waals surface area (Å²) >= 11 is 6.16. The minimum absolute atomic E-state index is 0.0726. The summed E-state index contributed by atoms with van der Waals surface area (Å²) in [4.78, 5) is 0. The maximum atomic E-state index is 6.16. The van der Waals surface area contributed by atoms with Gasteiger partial charge in [-0.25, -0.2) is 0 Å². The summed E-state index contributed by atoms with van der Waals surface area (Å²) < 4.78 is 12.1. The van der Waals surface area contributed by atoms with E-state index < -0.39 is 0 Å².